The molecule has 0 bridgehead atoms. The molecule has 0 aromatic carbocycles. The Morgan fingerprint density at radius 1 is 0.577 bits per heavy atom. The summed E-state index contributed by atoms with van der Waals surface area (Å²) in [6.45, 7) is 0. The number of carbonyl (C=O) groups is 2. The van der Waals surface area contributed by atoms with Gasteiger partial charge in [0.2, 0.25) is 0 Å². The van der Waals surface area contributed by atoms with E-state index >= 15 is 0 Å². The summed E-state index contributed by atoms with van der Waals surface area (Å²) >= 11 is 0. The van der Waals surface area contributed by atoms with Gasteiger partial charge in [0.05, 0.1) is 0 Å². The summed E-state index contributed by atoms with van der Waals surface area (Å²) in [7, 11) is -5.17. The number of hydrogen-bond acceptors (Lipinski definition) is 17. The maximum absolute atomic E-state index is 8.52. The molecule has 29 N–H and O–H groups in total. The Balaban J connectivity index is -0.00000000295. The maximum Gasteiger partial charge on any atom is 3.00 e. The van der Waals surface area contributed by atoms with Gasteiger partial charge in [0.1, 0.15) is 0 Å². The molecule has 0 aliphatic heterocycles. The molecule has 0 aromatic rings. The van der Waals surface area contributed by atoms with Crippen LogP contribution < -0.4 is 63.5 Å². The summed E-state index contributed by atoms with van der Waals surface area (Å²) < 4.78 is 34.1. The second kappa shape index (κ2) is 105. The molecule has 0 amide bonds. The fourth-order valence-corrected chi connectivity index (χ4v) is 0. The molecule has 0 rings (SSSR count). The van der Waals surface area contributed by atoms with Gasteiger partial charge in [-0.25, -0.2) is 0 Å². The molecule has 0 aliphatic rings. The quantitative estimate of drug-likeness (QED) is 0.114. The first-order valence-corrected chi connectivity index (χ1v) is 3.22. The van der Waals surface area contributed by atoms with Gasteiger partial charge in [-0.05, 0) is 12.3 Å². The van der Waals surface area contributed by atoms with E-state index in [0.717, 1.165) is 0 Å². The standard InChI is InChI=1S/2CH2O3.2Co.7H3N.H2N.H2O4S.3H2O/c2*2-1(3)4;;;;;;;;;;;1-5(2,3)4;;;/h2*(H2,2,3,4);;;7*1H3;1H2;(H2,1,2,3,4);3*1H2/q;;2*+3;;;;;;;;-1;;;;/p-5. The van der Waals surface area contributed by atoms with Crippen molar-refractivity contribution in [3.63, 3.8) is 0 Å². The zero-order valence-corrected chi connectivity index (χ0v) is 16.1. The third-order valence-corrected chi connectivity index (χ3v) is 0. The molecule has 0 atom stereocenters. The van der Waals surface area contributed by atoms with Gasteiger partial charge in [-0.15, -0.1) is 0 Å². The Hall–Kier alpha value is -1.02. The van der Waals surface area contributed by atoms with E-state index in [-0.39, 0.29) is 101 Å². The molecular formula is C2H30Co2N8O13S. The van der Waals surface area contributed by atoms with Crippen LogP contribution in [0.1, 0.15) is 1.43 Å². The minimum Gasteiger partial charge on any atom is -0.759 e. The van der Waals surface area contributed by atoms with Gasteiger partial charge in [0, 0.05) is 10.4 Å². The van der Waals surface area contributed by atoms with E-state index in [0.29, 0.717) is 0 Å². The molecule has 24 heteroatoms. The van der Waals surface area contributed by atoms with Crippen LogP contribution >= 0.6 is 0 Å². The summed E-state index contributed by atoms with van der Waals surface area (Å²) in [6, 6.07) is 0. The number of rotatable bonds is 0. The van der Waals surface area contributed by atoms with Crippen molar-refractivity contribution in [1.82, 2.24) is 43.1 Å². The number of carbonyl (C=O) groups excluding carboxylic acids is 2. The van der Waals surface area contributed by atoms with Crippen molar-refractivity contribution < 1.29 is 99.0 Å². The summed E-state index contributed by atoms with van der Waals surface area (Å²) in [5.41, 5.74) is 0. The topological polar surface area (TPSA) is 580 Å². The maximum atomic E-state index is 8.52. The van der Waals surface area contributed by atoms with Crippen molar-refractivity contribution in [2.45, 2.75) is 0 Å². The number of nitrogens with two attached hydrogens (primary N) is 1. The zero-order valence-electron chi connectivity index (χ0n) is 14.2. The van der Waals surface area contributed by atoms with Gasteiger partial charge in [-0.1, -0.05) is 0 Å². The van der Waals surface area contributed by atoms with Crippen molar-refractivity contribution in [2.24, 2.45) is 0 Å². The van der Waals surface area contributed by atoms with Crippen molar-refractivity contribution in [3.05, 3.63) is 6.15 Å². The minimum absolute atomic E-state index is 0. The van der Waals surface area contributed by atoms with E-state index in [9.17, 15) is 0 Å². The second-order valence-corrected chi connectivity index (χ2v) is 1.72. The molecule has 0 fully saturated rings. The summed E-state index contributed by atoms with van der Waals surface area (Å²) in [5.74, 6) is 0. The van der Waals surface area contributed by atoms with E-state index in [1.807, 2.05) is 0 Å². The molecule has 0 aromatic heterocycles. The van der Waals surface area contributed by atoms with Crippen LogP contribution in [-0.4, -0.2) is 46.3 Å². The molecule has 0 saturated carbocycles. The Kier molecular flexibility index (Phi) is 719. The third-order valence-electron chi connectivity index (χ3n) is 0. The molecule has 21 nitrogen and oxygen atoms in total. The molecule has 0 heterocycles. The van der Waals surface area contributed by atoms with Crippen molar-refractivity contribution >= 4 is 22.7 Å². The first-order valence-electron chi connectivity index (χ1n) is 1.89. The van der Waals surface area contributed by atoms with Crippen LogP contribution in [0.25, 0.3) is 6.15 Å². The van der Waals surface area contributed by atoms with Gasteiger partial charge in [-0.2, -0.15) is 0 Å². The molecule has 26 heavy (non-hydrogen) atoms. The van der Waals surface area contributed by atoms with Gasteiger partial charge < -0.3 is 105 Å². The van der Waals surface area contributed by atoms with Crippen LogP contribution in [0.15, 0.2) is 0 Å². The van der Waals surface area contributed by atoms with E-state index in [2.05, 4.69) is 0 Å². The van der Waals surface area contributed by atoms with Gasteiger partial charge in [0.25, 0.3) is 0 Å². The van der Waals surface area contributed by atoms with Crippen LogP contribution in [0.2, 0.25) is 0 Å². The Morgan fingerprint density at radius 3 is 0.577 bits per heavy atom. The Bertz CT molecular complexity index is 247. The molecule has 0 spiro atoms. The van der Waals surface area contributed by atoms with Crippen LogP contribution in [0, 0.1) is 0 Å². The van der Waals surface area contributed by atoms with Gasteiger partial charge >= 0.3 is 35.0 Å². The average Bonchev–Trinajstić information content (AvgIpc) is 1.50. The van der Waals surface area contributed by atoms with E-state index in [1.54, 1.807) is 0 Å². The molecule has 0 unspecified atom stereocenters. The Labute approximate surface area is 171 Å². The van der Waals surface area contributed by atoms with Crippen LogP contribution in [0.5, 0.6) is 0 Å². The van der Waals surface area contributed by atoms with Crippen LogP contribution in [-0.2, 0) is 44.0 Å². The van der Waals surface area contributed by atoms with E-state index in [4.69, 9.17) is 47.5 Å². The van der Waals surface area contributed by atoms with E-state index < -0.39 is 22.7 Å². The zero-order chi connectivity index (χ0) is 11.7. The summed E-state index contributed by atoms with van der Waals surface area (Å²) in [4.78, 5) is 16.7. The van der Waals surface area contributed by atoms with Gasteiger partial charge in [-0.3, -0.25) is 8.42 Å². The van der Waals surface area contributed by atoms with Crippen molar-refractivity contribution in [3.8, 4) is 0 Å². The monoisotopic (exact) mass is 524 g/mol. The summed E-state index contributed by atoms with van der Waals surface area (Å²) in [6.07, 6.45) is -4.67. The molecule has 0 saturated heterocycles. The largest absolute Gasteiger partial charge is 3.00 e. The van der Waals surface area contributed by atoms with Crippen molar-refractivity contribution in [1.29, 1.82) is 0 Å². The molecular weight excluding hydrogens is 494 g/mol. The number of hydrogen-bond donors (Lipinski definition) is 7. The van der Waals surface area contributed by atoms with Crippen LogP contribution in [0.4, 0.5) is 9.59 Å². The minimum atomic E-state index is -5.17. The normalized spacial score (nSPS) is 4.08. The Morgan fingerprint density at radius 2 is 0.577 bits per heavy atom. The predicted octanol–water partition coefficient (Wildman–Crippen LogP) is -6.75. The second-order valence-electron chi connectivity index (χ2n) is 0.908. The first kappa shape index (κ1) is 178. The molecule has 180 valence electrons. The first-order chi connectivity index (χ1) is 5.46. The molecule has 0 radical (unpaired) electrons. The fraction of sp³-hybridized carbons (Fsp3) is 0. The van der Waals surface area contributed by atoms with Crippen molar-refractivity contribution in [2.75, 3.05) is 0 Å². The fourth-order valence-electron chi connectivity index (χ4n) is 0. The SMILES string of the molecule is N.N.N.N.N.N.N.O.O.O.O=C([O-])[O-].O=C([O-])[O-].O=S(=O)([O-])[O-].[Co+3].[Co+3].[H+].[NH2-]. The van der Waals surface area contributed by atoms with Gasteiger partial charge in [0.15, 0.2) is 0 Å². The summed E-state index contributed by atoms with van der Waals surface area (Å²) in [5, 5.41) is 33.3. The smallest absolute Gasteiger partial charge is 0.759 e. The van der Waals surface area contributed by atoms with Crippen LogP contribution in [0.3, 0.4) is 0 Å². The van der Waals surface area contributed by atoms with E-state index in [1.165, 1.54) is 0 Å². The average molecular weight is 524 g/mol. The molecule has 0 aliphatic carbocycles. The predicted molar refractivity (Wildman–Crippen MR) is 73.7 cm³/mol. The number of carboxylic acid groups (broad SMARTS) is 4. The third kappa shape index (κ3) is 10700.